The number of para-hydroxylation sites is 1. The van der Waals surface area contributed by atoms with E-state index < -0.39 is 23.1 Å². The Labute approximate surface area is 238 Å². The highest BCUT2D eigenvalue weighted by Crippen LogP contribution is 2.37. The summed E-state index contributed by atoms with van der Waals surface area (Å²) in [5.74, 6) is -2.83. The zero-order chi connectivity index (χ0) is 29.2. The number of nitrogens with one attached hydrogen (secondary N) is 3. The molecule has 6 rings (SSSR count). The standard InChI is InChI=1S/C32H23F2N5O3/c33-24-11-8-20(14-25(24)34)17-39-18-35-16-23(32(39)42)30(40)36-13-3-4-19-7-10-22-28(15-19)38-31(41)29(22)27-12-9-21-5-1-2-6-26(21)37-27/h1-12,14-16,18,37H,13,17H2,(H,36,40)(H,38,41). The van der Waals surface area contributed by atoms with E-state index in [0.717, 1.165) is 51.0 Å². The molecule has 3 heterocycles. The second-order valence-electron chi connectivity index (χ2n) is 9.69. The second-order valence-corrected chi connectivity index (χ2v) is 9.69. The van der Waals surface area contributed by atoms with E-state index in [-0.39, 0.29) is 24.6 Å². The van der Waals surface area contributed by atoms with Crippen molar-refractivity contribution in [3.05, 3.63) is 141 Å². The van der Waals surface area contributed by atoms with Gasteiger partial charge in [-0.2, -0.15) is 0 Å². The minimum atomic E-state index is -1.03. The van der Waals surface area contributed by atoms with Crippen LogP contribution in [0, 0.1) is 11.6 Å². The van der Waals surface area contributed by atoms with Crippen LogP contribution in [0.4, 0.5) is 20.2 Å². The maximum absolute atomic E-state index is 13.5. The van der Waals surface area contributed by atoms with Gasteiger partial charge in [0.25, 0.3) is 17.4 Å². The molecule has 2 aliphatic rings. The van der Waals surface area contributed by atoms with E-state index in [1.54, 1.807) is 12.2 Å². The summed E-state index contributed by atoms with van der Waals surface area (Å²) in [6.07, 6.45) is 9.76. The van der Waals surface area contributed by atoms with Crippen LogP contribution >= 0.6 is 0 Å². The Morgan fingerprint density at radius 1 is 0.952 bits per heavy atom. The molecule has 1 aromatic heterocycles. The van der Waals surface area contributed by atoms with Crippen molar-refractivity contribution in [2.75, 3.05) is 17.2 Å². The molecule has 2 aliphatic heterocycles. The van der Waals surface area contributed by atoms with Gasteiger partial charge in [-0.25, -0.2) is 13.8 Å². The van der Waals surface area contributed by atoms with Gasteiger partial charge in [0.05, 0.1) is 24.1 Å². The molecular weight excluding hydrogens is 540 g/mol. The van der Waals surface area contributed by atoms with Crippen LogP contribution in [0.25, 0.3) is 17.7 Å². The number of halogens is 2. The number of rotatable bonds is 6. The number of carbonyl (C=O) groups excluding carboxylic acids is 2. The number of amides is 2. The van der Waals surface area contributed by atoms with Gasteiger partial charge >= 0.3 is 0 Å². The van der Waals surface area contributed by atoms with Crippen molar-refractivity contribution in [2.24, 2.45) is 0 Å². The van der Waals surface area contributed by atoms with Crippen molar-refractivity contribution in [2.45, 2.75) is 6.54 Å². The minimum absolute atomic E-state index is 0.0725. The molecule has 0 unspecified atom stereocenters. The van der Waals surface area contributed by atoms with Crippen LogP contribution in [0.5, 0.6) is 0 Å². The molecule has 0 spiro atoms. The summed E-state index contributed by atoms with van der Waals surface area (Å²) in [5.41, 5.74) is 5.09. The molecule has 3 aromatic carbocycles. The fraction of sp³-hybridized carbons (Fsp3) is 0.0625. The summed E-state index contributed by atoms with van der Waals surface area (Å²) < 4.78 is 27.9. The van der Waals surface area contributed by atoms with Crippen molar-refractivity contribution in [3.63, 3.8) is 0 Å². The maximum atomic E-state index is 13.5. The molecule has 0 radical (unpaired) electrons. The first-order valence-electron chi connectivity index (χ1n) is 13.0. The number of aromatic nitrogens is 2. The van der Waals surface area contributed by atoms with E-state index in [9.17, 15) is 23.2 Å². The SMILES string of the molecule is O=C1Nc2cc(C=CCNC(=O)c3cncn(Cc4ccc(F)c(F)c4)c3=O)ccc2C1=C1C=Cc2ccccc2N1. The third kappa shape index (κ3) is 5.25. The number of hydrogen-bond donors (Lipinski definition) is 3. The van der Waals surface area contributed by atoms with Crippen molar-refractivity contribution in [3.8, 4) is 0 Å². The summed E-state index contributed by atoms with van der Waals surface area (Å²) in [6, 6.07) is 16.7. The molecule has 0 aliphatic carbocycles. The van der Waals surface area contributed by atoms with Crippen LogP contribution in [0.1, 0.15) is 32.6 Å². The van der Waals surface area contributed by atoms with E-state index in [1.807, 2.05) is 54.6 Å². The fourth-order valence-corrected chi connectivity index (χ4v) is 4.82. The number of nitrogens with zero attached hydrogens (tertiary/aromatic N) is 2. The van der Waals surface area contributed by atoms with Gasteiger partial charge in [-0.3, -0.25) is 19.0 Å². The highest BCUT2D eigenvalue weighted by atomic mass is 19.2. The largest absolute Gasteiger partial charge is 0.354 e. The Balaban J connectivity index is 1.11. The third-order valence-corrected chi connectivity index (χ3v) is 6.89. The Hall–Kier alpha value is -5.64. The number of anilines is 2. The van der Waals surface area contributed by atoms with Gasteiger partial charge in [0.15, 0.2) is 11.6 Å². The van der Waals surface area contributed by atoms with E-state index in [2.05, 4.69) is 20.9 Å². The number of fused-ring (bicyclic) bond motifs is 2. The molecule has 2 amide bonds. The predicted molar refractivity (Wildman–Crippen MR) is 156 cm³/mol. The molecule has 4 aromatic rings. The molecule has 0 saturated heterocycles. The van der Waals surface area contributed by atoms with Crippen LogP contribution in [0.3, 0.4) is 0 Å². The molecule has 42 heavy (non-hydrogen) atoms. The van der Waals surface area contributed by atoms with E-state index >= 15 is 0 Å². The average Bonchev–Trinajstić information content (AvgIpc) is 3.32. The molecule has 0 atom stereocenters. The lowest BCUT2D eigenvalue weighted by Crippen LogP contribution is -2.33. The zero-order valence-electron chi connectivity index (χ0n) is 22.0. The third-order valence-electron chi connectivity index (χ3n) is 6.89. The van der Waals surface area contributed by atoms with Gasteiger partial charge < -0.3 is 16.0 Å². The molecule has 0 fully saturated rings. The Morgan fingerprint density at radius 2 is 1.81 bits per heavy atom. The lowest BCUT2D eigenvalue weighted by atomic mass is 10.00. The van der Waals surface area contributed by atoms with Gasteiger partial charge in [0, 0.05) is 29.7 Å². The molecule has 10 heteroatoms. The van der Waals surface area contributed by atoms with Gasteiger partial charge in [-0.15, -0.1) is 0 Å². The van der Waals surface area contributed by atoms with Crippen molar-refractivity contribution >= 4 is 40.9 Å². The normalized spacial score (nSPS) is 15.2. The molecule has 0 bridgehead atoms. The van der Waals surface area contributed by atoms with Crippen molar-refractivity contribution in [1.82, 2.24) is 14.9 Å². The minimum Gasteiger partial charge on any atom is -0.354 e. The van der Waals surface area contributed by atoms with Gasteiger partial charge in [-0.1, -0.05) is 54.6 Å². The van der Waals surface area contributed by atoms with Gasteiger partial charge in [-0.05, 0) is 47.0 Å². The highest BCUT2D eigenvalue weighted by molar-refractivity contribution is 6.33. The molecule has 8 nitrogen and oxygen atoms in total. The monoisotopic (exact) mass is 563 g/mol. The maximum Gasteiger partial charge on any atom is 0.266 e. The van der Waals surface area contributed by atoms with E-state index in [0.29, 0.717) is 16.8 Å². The Morgan fingerprint density at radius 3 is 2.67 bits per heavy atom. The van der Waals surface area contributed by atoms with Gasteiger partial charge in [0.2, 0.25) is 0 Å². The van der Waals surface area contributed by atoms with Crippen LogP contribution in [-0.2, 0) is 11.3 Å². The first kappa shape index (κ1) is 26.6. The predicted octanol–water partition coefficient (Wildman–Crippen LogP) is 4.82. The summed E-state index contributed by atoms with van der Waals surface area (Å²) in [5, 5.41) is 8.91. The van der Waals surface area contributed by atoms with Gasteiger partial charge in [0.1, 0.15) is 5.56 Å². The van der Waals surface area contributed by atoms with Crippen LogP contribution in [0.2, 0.25) is 0 Å². The van der Waals surface area contributed by atoms with Crippen LogP contribution in [-0.4, -0.2) is 27.9 Å². The second kappa shape index (κ2) is 11.1. The summed E-state index contributed by atoms with van der Waals surface area (Å²) >= 11 is 0. The first-order valence-corrected chi connectivity index (χ1v) is 13.0. The first-order chi connectivity index (χ1) is 20.4. The average molecular weight is 564 g/mol. The van der Waals surface area contributed by atoms with E-state index in [1.165, 1.54) is 12.4 Å². The highest BCUT2D eigenvalue weighted by Gasteiger charge is 2.28. The molecule has 3 N–H and O–H groups in total. The smallest absolute Gasteiger partial charge is 0.266 e. The van der Waals surface area contributed by atoms with Crippen LogP contribution < -0.4 is 21.5 Å². The number of carbonyl (C=O) groups is 2. The van der Waals surface area contributed by atoms with Crippen molar-refractivity contribution < 1.29 is 18.4 Å². The van der Waals surface area contributed by atoms with E-state index in [4.69, 9.17) is 0 Å². The lowest BCUT2D eigenvalue weighted by Gasteiger charge is -2.17. The number of benzene rings is 3. The zero-order valence-corrected chi connectivity index (χ0v) is 22.0. The summed E-state index contributed by atoms with van der Waals surface area (Å²) in [4.78, 5) is 42.2. The molecule has 0 saturated carbocycles. The number of hydrogen-bond acceptors (Lipinski definition) is 5. The number of allylic oxidation sites excluding steroid dienone is 1. The lowest BCUT2D eigenvalue weighted by molar-refractivity contribution is -0.110. The molecular formula is C32H23F2N5O3. The molecule has 208 valence electrons. The quantitative estimate of drug-likeness (QED) is 0.292. The fourth-order valence-electron chi connectivity index (χ4n) is 4.82. The summed E-state index contributed by atoms with van der Waals surface area (Å²) in [6.45, 7) is 0.0557. The summed E-state index contributed by atoms with van der Waals surface area (Å²) in [7, 11) is 0. The van der Waals surface area contributed by atoms with Crippen molar-refractivity contribution in [1.29, 1.82) is 0 Å². The Kier molecular flexibility index (Phi) is 7.02. The Bertz CT molecular complexity index is 1910. The van der Waals surface area contributed by atoms with Crippen LogP contribution in [0.15, 0.2) is 95.8 Å². The topological polar surface area (TPSA) is 105 Å².